The van der Waals surface area contributed by atoms with Crippen LogP contribution in [-0.4, -0.2) is 41.5 Å². The Labute approximate surface area is 118 Å². The third-order valence-electron chi connectivity index (χ3n) is 3.66. The molecule has 1 aliphatic carbocycles. The number of rotatable bonds is 5. The maximum absolute atomic E-state index is 12.3. The summed E-state index contributed by atoms with van der Waals surface area (Å²) in [5, 5.41) is 21.8. The van der Waals surface area contributed by atoms with Crippen molar-refractivity contribution in [2.24, 2.45) is 5.92 Å². The summed E-state index contributed by atoms with van der Waals surface area (Å²) < 4.78 is 5.44. The molecule has 1 aromatic rings. The predicted octanol–water partition coefficient (Wildman–Crippen LogP) is 0.947. The molecule has 0 aliphatic heterocycles. The van der Waals surface area contributed by atoms with E-state index in [-0.39, 0.29) is 24.5 Å². The molecule has 5 heteroatoms. The Hall–Kier alpha value is -1.59. The molecule has 0 heterocycles. The van der Waals surface area contributed by atoms with Crippen molar-refractivity contribution in [3.8, 4) is 5.75 Å². The Morgan fingerprint density at radius 2 is 2.15 bits per heavy atom. The molecule has 0 bridgehead atoms. The van der Waals surface area contributed by atoms with Gasteiger partial charge >= 0.3 is 0 Å². The molecule has 1 amide bonds. The van der Waals surface area contributed by atoms with Gasteiger partial charge in [-0.1, -0.05) is 12.1 Å². The van der Waals surface area contributed by atoms with E-state index < -0.39 is 6.10 Å². The van der Waals surface area contributed by atoms with Crippen molar-refractivity contribution in [1.29, 1.82) is 0 Å². The van der Waals surface area contributed by atoms with Gasteiger partial charge in [0.1, 0.15) is 5.75 Å². The lowest BCUT2D eigenvalue weighted by Crippen LogP contribution is -2.33. The summed E-state index contributed by atoms with van der Waals surface area (Å²) in [6.07, 6.45) is 0.529. The Morgan fingerprint density at radius 1 is 1.40 bits per heavy atom. The number of carbonyl (C=O) groups excluding carboxylic acids is 1. The second-order valence-corrected chi connectivity index (χ2v) is 5.08. The molecule has 0 saturated heterocycles. The minimum atomic E-state index is -0.549. The van der Waals surface area contributed by atoms with Crippen LogP contribution in [0, 0.1) is 5.92 Å². The highest BCUT2D eigenvalue weighted by molar-refractivity contribution is 5.97. The van der Waals surface area contributed by atoms with Crippen LogP contribution in [-0.2, 0) is 0 Å². The van der Waals surface area contributed by atoms with Crippen LogP contribution >= 0.6 is 0 Å². The van der Waals surface area contributed by atoms with Crippen molar-refractivity contribution in [3.63, 3.8) is 0 Å². The monoisotopic (exact) mass is 279 g/mol. The first kappa shape index (κ1) is 14.8. The van der Waals surface area contributed by atoms with Gasteiger partial charge in [-0.15, -0.1) is 0 Å². The number of aliphatic hydroxyl groups excluding tert-OH is 2. The van der Waals surface area contributed by atoms with E-state index in [1.54, 1.807) is 18.2 Å². The summed E-state index contributed by atoms with van der Waals surface area (Å²) in [7, 11) is 0. The van der Waals surface area contributed by atoms with Gasteiger partial charge in [-0.2, -0.15) is 0 Å². The van der Waals surface area contributed by atoms with E-state index in [0.717, 1.165) is 0 Å². The molecule has 3 atom stereocenters. The van der Waals surface area contributed by atoms with Crippen LogP contribution in [0.25, 0.3) is 0 Å². The van der Waals surface area contributed by atoms with E-state index in [4.69, 9.17) is 9.84 Å². The molecule has 2 rings (SSSR count). The second kappa shape index (κ2) is 6.72. The summed E-state index contributed by atoms with van der Waals surface area (Å²) >= 11 is 0. The Morgan fingerprint density at radius 3 is 2.80 bits per heavy atom. The lowest BCUT2D eigenvalue weighted by molar-refractivity contribution is 0.0903. The first-order valence-corrected chi connectivity index (χ1v) is 6.97. The van der Waals surface area contributed by atoms with Gasteiger partial charge in [-0.05, 0) is 31.9 Å². The topological polar surface area (TPSA) is 78.8 Å². The number of hydrogen-bond acceptors (Lipinski definition) is 4. The van der Waals surface area contributed by atoms with Gasteiger partial charge in [0.15, 0.2) is 0 Å². The third kappa shape index (κ3) is 3.29. The highest BCUT2D eigenvalue weighted by Crippen LogP contribution is 2.26. The number of hydrogen-bond donors (Lipinski definition) is 3. The highest BCUT2D eigenvalue weighted by atomic mass is 16.5. The normalized spacial score (nSPS) is 25.4. The van der Waals surface area contributed by atoms with Crippen LogP contribution in [0.15, 0.2) is 24.3 Å². The average molecular weight is 279 g/mol. The number of nitrogens with one attached hydrogen (secondary N) is 1. The van der Waals surface area contributed by atoms with Crippen molar-refractivity contribution in [3.05, 3.63) is 29.8 Å². The molecule has 20 heavy (non-hydrogen) atoms. The van der Waals surface area contributed by atoms with Crippen molar-refractivity contribution >= 4 is 5.91 Å². The van der Waals surface area contributed by atoms with Crippen LogP contribution in [0.1, 0.15) is 30.1 Å². The maximum atomic E-state index is 12.3. The van der Waals surface area contributed by atoms with Crippen molar-refractivity contribution < 1.29 is 19.7 Å². The lowest BCUT2D eigenvalue weighted by Gasteiger charge is -2.14. The van der Waals surface area contributed by atoms with E-state index >= 15 is 0 Å². The van der Waals surface area contributed by atoms with Gasteiger partial charge < -0.3 is 20.3 Å². The van der Waals surface area contributed by atoms with Crippen LogP contribution in [0.2, 0.25) is 0 Å². The van der Waals surface area contributed by atoms with E-state index in [9.17, 15) is 9.90 Å². The Balaban J connectivity index is 2.02. The summed E-state index contributed by atoms with van der Waals surface area (Å²) in [4.78, 5) is 12.3. The zero-order chi connectivity index (χ0) is 14.5. The zero-order valence-corrected chi connectivity index (χ0v) is 11.6. The van der Waals surface area contributed by atoms with Crippen LogP contribution in [0.4, 0.5) is 0 Å². The molecule has 1 aromatic carbocycles. The van der Waals surface area contributed by atoms with E-state index in [1.165, 1.54) is 0 Å². The van der Waals surface area contributed by atoms with E-state index in [1.807, 2.05) is 13.0 Å². The van der Waals surface area contributed by atoms with Gasteiger partial charge in [-0.25, -0.2) is 0 Å². The molecule has 1 saturated carbocycles. The standard InChI is InChI=1S/C15H21NO4/c1-2-20-14-6-4-3-5-12(14)15(19)16-11-7-10(9-17)13(18)8-11/h3-6,10-11,13,17-18H,2,7-9H2,1H3,(H,16,19)/t10-,11-,13-/m0/s1. The number of amides is 1. The van der Waals surface area contributed by atoms with Gasteiger partial charge in [-0.3, -0.25) is 4.79 Å². The average Bonchev–Trinajstić information content (AvgIpc) is 2.79. The summed E-state index contributed by atoms with van der Waals surface area (Å²) in [5.41, 5.74) is 0.497. The number of aliphatic hydroxyl groups is 2. The molecular weight excluding hydrogens is 258 g/mol. The second-order valence-electron chi connectivity index (χ2n) is 5.08. The number of carbonyl (C=O) groups is 1. The van der Waals surface area contributed by atoms with Crippen molar-refractivity contribution in [1.82, 2.24) is 5.32 Å². The van der Waals surface area contributed by atoms with Crippen molar-refractivity contribution in [2.45, 2.75) is 31.9 Å². The molecule has 110 valence electrons. The molecule has 0 unspecified atom stereocenters. The Bertz CT molecular complexity index is 463. The fourth-order valence-corrected chi connectivity index (χ4v) is 2.62. The third-order valence-corrected chi connectivity index (χ3v) is 3.66. The molecular formula is C15H21NO4. The number of benzene rings is 1. The fraction of sp³-hybridized carbons (Fsp3) is 0.533. The molecule has 0 spiro atoms. The molecule has 3 N–H and O–H groups in total. The van der Waals surface area contributed by atoms with Gasteiger partial charge in [0, 0.05) is 18.6 Å². The van der Waals surface area contributed by atoms with E-state index in [0.29, 0.717) is 30.8 Å². The number of para-hydroxylation sites is 1. The van der Waals surface area contributed by atoms with Crippen LogP contribution in [0.5, 0.6) is 5.75 Å². The predicted molar refractivity (Wildman–Crippen MR) is 74.7 cm³/mol. The number of ether oxygens (including phenoxy) is 1. The zero-order valence-electron chi connectivity index (χ0n) is 11.6. The van der Waals surface area contributed by atoms with Gasteiger partial charge in [0.2, 0.25) is 0 Å². The minimum absolute atomic E-state index is 0.0525. The molecule has 0 radical (unpaired) electrons. The summed E-state index contributed by atoms with van der Waals surface area (Å²) in [5.74, 6) is 0.206. The molecule has 5 nitrogen and oxygen atoms in total. The lowest BCUT2D eigenvalue weighted by atomic mass is 10.1. The van der Waals surface area contributed by atoms with E-state index in [2.05, 4.69) is 5.32 Å². The molecule has 1 fully saturated rings. The summed E-state index contributed by atoms with van der Waals surface area (Å²) in [6.45, 7) is 2.32. The molecule has 0 aromatic heterocycles. The first-order chi connectivity index (χ1) is 9.65. The first-order valence-electron chi connectivity index (χ1n) is 6.97. The molecule has 1 aliphatic rings. The minimum Gasteiger partial charge on any atom is -0.493 e. The highest BCUT2D eigenvalue weighted by Gasteiger charge is 2.33. The van der Waals surface area contributed by atoms with Crippen molar-refractivity contribution in [2.75, 3.05) is 13.2 Å². The van der Waals surface area contributed by atoms with Crippen LogP contribution < -0.4 is 10.1 Å². The summed E-state index contributed by atoms with van der Waals surface area (Å²) in [6, 6.07) is 6.98. The van der Waals surface area contributed by atoms with Gasteiger partial charge in [0.25, 0.3) is 5.91 Å². The SMILES string of the molecule is CCOc1ccccc1C(=O)N[C@H]1C[C@@H](CO)[C@@H](O)C1. The quantitative estimate of drug-likeness (QED) is 0.749. The smallest absolute Gasteiger partial charge is 0.255 e. The van der Waals surface area contributed by atoms with Crippen LogP contribution in [0.3, 0.4) is 0 Å². The Kier molecular flexibility index (Phi) is 4.98. The largest absolute Gasteiger partial charge is 0.493 e. The van der Waals surface area contributed by atoms with Gasteiger partial charge in [0.05, 0.1) is 18.3 Å². The fourth-order valence-electron chi connectivity index (χ4n) is 2.62. The maximum Gasteiger partial charge on any atom is 0.255 e.